The summed E-state index contributed by atoms with van der Waals surface area (Å²) in [6.07, 6.45) is 5.75. The molecule has 3 aromatic rings. The zero-order chi connectivity index (χ0) is 19.0. The number of fused-ring (bicyclic) bond motifs is 2. The average molecular weight is 366 g/mol. The molecule has 6 nitrogen and oxygen atoms in total. The van der Waals surface area contributed by atoms with E-state index in [0.29, 0.717) is 40.9 Å². The molecule has 0 amide bonds. The second kappa shape index (κ2) is 6.79. The van der Waals surface area contributed by atoms with E-state index < -0.39 is 5.63 Å². The van der Waals surface area contributed by atoms with Crippen molar-refractivity contribution in [2.24, 2.45) is 0 Å². The zero-order valence-corrected chi connectivity index (χ0v) is 15.0. The van der Waals surface area contributed by atoms with Gasteiger partial charge in [-0.2, -0.15) is 0 Å². The third-order valence-corrected chi connectivity index (χ3v) is 4.51. The summed E-state index contributed by atoms with van der Waals surface area (Å²) in [6.45, 7) is 4.04. The molecule has 3 heterocycles. The van der Waals surface area contributed by atoms with Crippen LogP contribution in [0.2, 0.25) is 0 Å². The standard InChI is InChI=1S/C21H18O6/c1-12(9-14-10-13(2)21(23)26-14)5-7-25-20-15-3-4-19(22)27-18(15)11-17-16(20)6-8-24-17/h3-6,8,10-11,14H,7,9H2,1-2H3/t14-/m1/s1. The van der Waals surface area contributed by atoms with Crippen molar-refractivity contribution < 1.29 is 23.1 Å². The summed E-state index contributed by atoms with van der Waals surface area (Å²) in [4.78, 5) is 22.9. The lowest BCUT2D eigenvalue weighted by atomic mass is 10.1. The van der Waals surface area contributed by atoms with Crippen LogP contribution in [0.25, 0.3) is 21.9 Å². The molecule has 0 fully saturated rings. The summed E-state index contributed by atoms with van der Waals surface area (Å²) in [6, 6.07) is 6.55. The van der Waals surface area contributed by atoms with Gasteiger partial charge in [0.2, 0.25) is 0 Å². The Balaban J connectivity index is 1.55. The Hall–Kier alpha value is -3.28. The van der Waals surface area contributed by atoms with Crippen LogP contribution in [-0.2, 0) is 9.53 Å². The molecule has 0 radical (unpaired) electrons. The van der Waals surface area contributed by atoms with Crippen LogP contribution in [0.1, 0.15) is 20.3 Å². The van der Waals surface area contributed by atoms with Gasteiger partial charge < -0.3 is 18.3 Å². The maximum Gasteiger partial charge on any atom is 0.336 e. The minimum absolute atomic E-state index is 0.221. The van der Waals surface area contributed by atoms with Crippen molar-refractivity contribution in [1.82, 2.24) is 0 Å². The second-order valence-corrected chi connectivity index (χ2v) is 6.56. The third kappa shape index (κ3) is 3.38. The Morgan fingerprint density at radius 1 is 1.19 bits per heavy atom. The third-order valence-electron chi connectivity index (χ3n) is 4.51. The van der Waals surface area contributed by atoms with Crippen LogP contribution < -0.4 is 10.4 Å². The van der Waals surface area contributed by atoms with Crippen LogP contribution in [0.4, 0.5) is 0 Å². The molecule has 6 heteroatoms. The summed E-state index contributed by atoms with van der Waals surface area (Å²) >= 11 is 0. The minimum atomic E-state index is -0.426. The normalized spacial score (nSPS) is 17.4. The van der Waals surface area contributed by atoms with Crippen LogP contribution >= 0.6 is 0 Å². The van der Waals surface area contributed by atoms with Crippen molar-refractivity contribution in [2.75, 3.05) is 6.61 Å². The van der Waals surface area contributed by atoms with Crippen molar-refractivity contribution in [3.8, 4) is 5.75 Å². The topological polar surface area (TPSA) is 78.9 Å². The van der Waals surface area contributed by atoms with Crippen molar-refractivity contribution in [3.05, 3.63) is 64.2 Å². The number of hydrogen-bond donors (Lipinski definition) is 0. The van der Waals surface area contributed by atoms with E-state index in [4.69, 9.17) is 18.3 Å². The Bertz CT molecular complexity index is 1140. The fourth-order valence-corrected chi connectivity index (χ4v) is 3.15. The Morgan fingerprint density at radius 3 is 2.78 bits per heavy atom. The number of esters is 1. The Morgan fingerprint density at radius 2 is 2.00 bits per heavy atom. The highest BCUT2D eigenvalue weighted by molar-refractivity contribution is 6.01. The summed E-state index contributed by atoms with van der Waals surface area (Å²) in [5, 5.41) is 1.52. The fraction of sp³-hybridized carbons (Fsp3) is 0.238. The lowest BCUT2D eigenvalue weighted by Crippen LogP contribution is -2.08. The molecule has 0 saturated carbocycles. The highest BCUT2D eigenvalue weighted by Gasteiger charge is 2.22. The molecule has 0 N–H and O–H groups in total. The number of benzene rings is 1. The molecule has 0 unspecified atom stereocenters. The monoisotopic (exact) mass is 366 g/mol. The highest BCUT2D eigenvalue weighted by atomic mass is 16.5. The van der Waals surface area contributed by atoms with Gasteiger partial charge in [-0.1, -0.05) is 5.57 Å². The molecule has 0 bridgehead atoms. The van der Waals surface area contributed by atoms with Crippen LogP contribution in [0.3, 0.4) is 0 Å². The SMILES string of the molecule is CC(=CCOc1c2ccoc2cc2oc(=O)ccc12)C[C@@H]1C=C(C)C(=O)O1. The van der Waals surface area contributed by atoms with Gasteiger partial charge in [0.1, 0.15) is 29.6 Å². The molecule has 0 saturated heterocycles. The number of rotatable bonds is 5. The molecule has 1 aromatic carbocycles. The maximum absolute atomic E-state index is 11.5. The fourth-order valence-electron chi connectivity index (χ4n) is 3.15. The van der Waals surface area contributed by atoms with E-state index >= 15 is 0 Å². The van der Waals surface area contributed by atoms with E-state index in [1.165, 1.54) is 6.07 Å². The van der Waals surface area contributed by atoms with Crippen LogP contribution in [-0.4, -0.2) is 18.7 Å². The molecule has 2 aromatic heterocycles. The summed E-state index contributed by atoms with van der Waals surface area (Å²) in [5.41, 5.74) is 2.27. The lowest BCUT2D eigenvalue weighted by Gasteiger charge is -2.10. The molecular formula is C21H18O6. The van der Waals surface area contributed by atoms with Crippen LogP contribution in [0, 0.1) is 0 Å². The van der Waals surface area contributed by atoms with Crippen LogP contribution in [0.15, 0.2) is 67.5 Å². The summed E-state index contributed by atoms with van der Waals surface area (Å²) < 4.78 is 21.9. The lowest BCUT2D eigenvalue weighted by molar-refractivity contribution is -0.139. The highest BCUT2D eigenvalue weighted by Crippen LogP contribution is 2.35. The summed E-state index contributed by atoms with van der Waals surface area (Å²) in [5.74, 6) is 0.343. The first-order valence-electron chi connectivity index (χ1n) is 8.63. The average Bonchev–Trinajstić information content (AvgIpc) is 3.20. The number of carbonyl (C=O) groups excluding carboxylic acids is 1. The molecule has 0 aliphatic carbocycles. The Labute approximate surface area is 154 Å². The first-order valence-corrected chi connectivity index (χ1v) is 8.63. The van der Waals surface area contributed by atoms with Gasteiger partial charge in [0, 0.05) is 24.1 Å². The quantitative estimate of drug-likeness (QED) is 0.384. The van der Waals surface area contributed by atoms with Gasteiger partial charge in [-0.05, 0) is 38.1 Å². The molecule has 4 rings (SSSR count). The predicted octanol–water partition coefficient (Wildman–Crippen LogP) is 4.13. The van der Waals surface area contributed by atoms with Crippen molar-refractivity contribution in [2.45, 2.75) is 26.4 Å². The van der Waals surface area contributed by atoms with E-state index in [9.17, 15) is 9.59 Å². The largest absolute Gasteiger partial charge is 0.488 e. The first kappa shape index (κ1) is 17.1. The van der Waals surface area contributed by atoms with E-state index in [1.807, 2.05) is 25.1 Å². The number of ether oxygens (including phenoxy) is 2. The van der Waals surface area contributed by atoms with E-state index in [0.717, 1.165) is 11.0 Å². The number of hydrogen-bond acceptors (Lipinski definition) is 6. The first-order chi connectivity index (χ1) is 13.0. The van der Waals surface area contributed by atoms with Gasteiger partial charge in [0.05, 0.1) is 17.0 Å². The zero-order valence-electron chi connectivity index (χ0n) is 15.0. The van der Waals surface area contributed by atoms with E-state index in [-0.39, 0.29) is 12.1 Å². The van der Waals surface area contributed by atoms with E-state index in [2.05, 4.69) is 0 Å². The number of furan rings is 1. The molecular weight excluding hydrogens is 348 g/mol. The van der Waals surface area contributed by atoms with Gasteiger partial charge in [0.25, 0.3) is 0 Å². The molecule has 138 valence electrons. The van der Waals surface area contributed by atoms with Crippen molar-refractivity contribution in [3.63, 3.8) is 0 Å². The molecule has 1 aliphatic rings. The maximum atomic E-state index is 11.5. The number of carbonyl (C=O) groups is 1. The molecule has 0 spiro atoms. The minimum Gasteiger partial charge on any atom is -0.488 e. The summed E-state index contributed by atoms with van der Waals surface area (Å²) in [7, 11) is 0. The molecule has 1 atom stereocenters. The van der Waals surface area contributed by atoms with Crippen molar-refractivity contribution in [1.29, 1.82) is 0 Å². The van der Waals surface area contributed by atoms with Gasteiger partial charge in [0.15, 0.2) is 0 Å². The van der Waals surface area contributed by atoms with Gasteiger partial charge in [-0.15, -0.1) is 0 Å². The Kier molecular flexibility index (Phi) is 4.32. The smallest absolute Gasteiger partial charge is 0.336 e. The van der Waals surface area contributed by atoms with Gasteiger partial charge in [-0.3, -0.25) is 0 Å². The number of cyclic esters (lactones) is 1. The molecule has 1 aliphatic heterocycles. The second-order valence-electron chi connectivity index (χ2n) is 6.56. The van der Waals surface area contributed by atoms with E-state index in [1.54, 1.807) is 25.3 Å². The van der Waals surface area contributed by atoms with Gasteiger partial charge >= 0.3 is 11.6 Å². The molecule has 27 heavy (non-hydrogen) atoms. The van der Waals surface area contributed by atoms with Crippen molar-refractivity contribution >= 4 is 27.9 Å². The predicted molar refractivity (Wildman–Crippen MR) is 99.8 cm³/mol. The van der Waals surface area contributed by atoms with Gasteiger partial charge in [-0.25, -0.2) is 9.59 Å². The van der Waals surface area contributed by atoms with Crippen LogP contribution in [0.5, 0.6) is 5.75 Å².